The molecule has 1 aliphatic heterocycles. The molecule has 1 aromatic carbocycles. The second-order valence-electron chi connectivity index (χ2n) is 5.71. The summed E-state index contributed by atoms with van der Waals surface area (Å²) in [7, 11) is 3.15. The minimum atomic E-state index is -0.288. The van der Waals surface area contributed by atoms with Crippen LogP contribution in [0.2, 0.25) is 5.28 Å². The number of anilines is 1. The van der Waals surface area contributed by atoms with Crippen LogP contribution in [0.25, 0.3) is 10.9 Å². The van der Waals surface area contributed by atoms with E-state index in [1.807, 2.05) is 6.07 Å². The van der Waals surface area contributed by atoms with Crippen LogP contribution in [0.3, 0.4) is 0 Å². The molecular weight excluding hydrogens is 360 g/mol. The lowest BCUT2D eigenvalue weighted by molar-refractivity contribution is 0.105. The molecule has 1 saturated heterocycles. The molecule has 0 unspecified atom stereocenters. The molecule has 26 heavy (non-hydrogen) atoms. The number of methoxy groups -OCH3 is 2. The van der Waals surface area contributed by atoms with Gasteiger partial charge in [-0.05, 0) is 24.6 Å². The molecule has 2 heterocycles. The Kier molecular flexibility index (Phi) is 5.51. The number of halogens is 1. The Morgan fingerprint density at radius 3 is 2.38 bits per heavy atom. The van der Waals surface area contributed by atoms with Crippen molar-refractivity contribution in [3.63, 3.8) is 0 Å². The molecule has 0 saturated carbocycles. The molecule has 8 nitrogen and oxygen atoms in total. The smallest absolute Gasteiger partial charge is 0.409 e. The minimum Gasteiger partial charge on any atom is -0.493 e. The van der Waals surface area contributed by atoms with Gasteiger partial charge in [-0.2, -0.15) is 4.98 Å². The van der Waals surface area contributed by atoms with Gasteiger partial charge in [0.05, 0.1) is 26.3 Å². The normalized spacial score (nSPS) is 14.5. The second kappa shape index (κ2) is 7.82. The number of ether oxygens (including phenoxy) is 3. The summed E-state index contributed by atoms with van der Waals surface area (Å²) in [6, 6.07) is 3.62. The highest BCUT2D eigenvalue weighted by Crippen LogP contribution is 2.36. The van der Waals surface area contributed by atoms with Crippen LogP contribution in [0, 0.1) is 0 Å². The summed E-state index contributed by atoms with van der Waals surface area (Å²) < 4.78 is 15.8. The second-order valence-corrected chi connectivity index (χ2v) is 6.05. The number of rotatable bonds is 4. The van der Waals surface area contributed by atoms with Crippen LogP contribution in [-0.2, 0) is 4.74 Å². The van der Waals surface area contributed by atoms with Crippen LogP contribution in [0.15, 0.2) is 12.1 Å². The Hall–Kier alpha value is -2.48. The van der Waals surface area contributed by atoms with E-state index in [1.165, 1.54) is 0 Å². The highest BCUT2D eigenvalue weighted by molar-refractivity contribution is 6.28. The summed E-state index contributed by atoms with van der Waals surface area (Å²) in [5, 5.41) is 0.976. The lowest BCUT2D eigenvalue weighted by Gasteiger charge is -2.35. The van der Waals surface area contributed by atoms with Crippen molar-refractivity contribution in [3.05, 3.63) is 17.4 Å². The number of aromatic nitrogens is 2. The summed E-state index contributed by atoms with van der Waals surface area (Å²) in [4.78, 5) is 24.3. The van der Waals surface area contributed by atoms with Crippen molar-refractivity contribution in [1.29, 1.82) is 0 Å². The Bertz CT molecular complexity index is 809. The van der Waals surface area contributed by atoms with Gasteiger partial charge in [0, 0.05) is 37.6 Å². The topological polar surface area (TPSA) is 77.0 Å². The Morgan fingerprint density at radius 1 is 1.12 bits per heavy atom. The van der Waals surface area contributed by atoms with Crippen LogP contribution in [0.4, 0.5) is 10.6 Å². The average Bonchev–Trinajstić information content (AvgIpc) is 2.66. The SMILES string of the molecule is CCOC(=O)N1CCN(c2nc(Cl)nc3cc(OC)c(OC)cc23)CC1. The monoisotopic (exact) mass is 380 g/mol. The van der Waals surface area contributed by atoms with Crippen LogP contribution in [0.5, 0.6) is 11.5 Å². The van der Waals surface area contributed by atoms with Crippen molar-refractivity contribution < 1.29 is 19.0 Å². The molecule has 0 aliphatic carbocycles. The number of benzene rings is 1. The number of fused-ring (bicyclic) bond motifs is 1. The Balaban J connectivity index is 1.91. The molecule has 1 amide bonds. The molecule has 1 aromatic heterocycles. The maximum absolute atomic E-state index is 11.9. The minimum absolute atomic E-state index is 0.160. The average molecular weight is 381 g/mol. The molecule has 1 fully saturated rings. The number of piperazine rings is 1. The maximum atomic E-state index is 11.9. The van der Waals surface area contributed by atoms with Crippen LogP contribution in [-0.4, -0.2) is 68.0 Å². The number of hydrogen-bond donors (Lipinski definition) is 0. The van der Waals surface area contributed by atoms with Gasteiger partial charge in [-0.25, -0.2) is 9.78 Å². The van der Waals surface area contributed by atoms with Gasteiger partial charge >= 0.3 is 6.09 Å². The number of carbonyl (C=O) groups excluding carboxylic acids is 1. The van der Waals surface area contributed by atoms with Crippen LogP contribution < -0.4 is 14.4 Å². The first kappa shape index (κ1) is 18.3. The predicted octanol–water partition coefficient (Wildman–Crippen LogP) is 2.58. The molecule has 0 bridgehead atoms. The molecule has 9 heteroatoms. The van der Waals surface area contributed by atoms with Gasteiger partial charge in [-0.3, -0.25) is 0 Å². The number of amides is 1. The molecule has 1 aliphatic rings. The van der Waals surface area contributed by atoms with Gasteiger partial charge in [-0.1, -0.05) is 0 Å². The lowest BCUT2D eigenvalue weighted by Crippen LogP contribution is -2.49. The molecule has 2 aromatic rings. The Morgan fingerprint density at radius 2 is 1.77 bits per heavy atom. The van der Waals surface area contributed by atoms with Gasteiger partial charge in [0.1, 0.15) is 5.82 Å². The largest absolute Gasteiger partial charge is 0.493 e. The van der Waals surface area contributed by atoms with E-state index in [2.05, 4.69) is 14.9 Å². The molecule has 140 valence electrons. The fraction of sp³-hybridized carbons (Fsp3) is 0.471. The molecule has 0 spiro atoms. The van der Waals surface area contributed by atoms with E-state index in [0.29, 0.717) is 55.6 Å². The van der Waals surface area contributed by atoms with E-state index in [4.69, 9.17) is 25.8 Å². The number of nitrogens with zero attached hydrogens (tertiary/aromatic N) is 4. The summed E-state index contributed by atoms with van der Waals surface area (Å²) in [6.07, 6.45) is -0.288. The summed E-state index contributed by atoms with van der Waals surface area (Å²) in [6.45, 7) is 4.51. The third-order valence-corrected chi connectivity index (χ3v) is 4.43. The lowest BCUT2D eigenvalue weighted by atomic mass is 10.2. The van der Waals surface area contributed by atoms with E-state index in [-0.39, 0.29) is 11.4 Å². The van der Waals surface area contributed by atoms with E-state index in [1.54, 1.807) is 32.1 Å². The first-order valence-corrected chi connectivity index (χ1v) is 8.71. The number of carbonyl (C=O) groups is 1. The highest BCUT2D eigenvalue weighted by Gasteiger charge is 2.25. The fourth-order valence-corrected chi connectivity index (χ4v) is 3.14. The molecule has 0 atom stereocenters. The van der Waals surface area contributed by atoms with Crippen molar-refractivity contribution in [1.82, 2.24) is 14.9 Å². The fourth-order valence-electron chi connectivity index (χ4n) is 2.97. The van der Waals surface area contributed by atoms with Crippen molar-refractivity contribution in [2.75, 3.05) is 51.9 Å². The quantitative estimate of drug-likeness (QED) is 0.754. The van der Waals surface area contributed by atoms with Gasteiger partial charge in [0.25, 0.3) is 0 Å². The third-order valence-electron chi connectivity index (χ3n) is 4.26. The van der Waals surface area contributed by atoms with Crippen molar-refractivity contribution in [2.45, 2.75) is 6.92 Å². The highest BCUT2D eigenvalue weighted by atomic mass is 35.5. The zero-order valence-electron chi connectivity index (χ0n) is 15.0. The summed E-state index contributed by atoms with van der Waals surface area (Å²) in [5.41, 5.74) is 0.672. The zero-order valence-corrected chi connectivity index (χ0v) is 15.7. The summed E-state index contributed by atoms with van der Waals surface area (Å²) >= 11 is 6.13. The van der Waals surface area contributed by atoms with E-state index in [9.17, 15) is 4.79 Å². The van der Waals surface area contributed by atoms with Crippen LogP contribution >= 0.6 is 11.6 Å². The first-order chi connectivity index (χ1) is 12.6. The van der Waals surface area contributed by atoms with E-state index >= 15 is 0 Å². The van der Waals surface area contributed by atoms with Crippen molar-refractivity contribution in [3.8, 4) is 11.5 Å². The number of hydrogen-bond acceptors (Lipinski definition) is 7. The molecule has 3 rings (SSSR count). The van der Waals surface area contributed by atoms with Gasteiger partial charge < -0.3 is 24.0 Å². The van der Waals surface area contributed by atoms with E-state index in [0.717, 1.165) is 5.39 Å². The Labute approximate surface area is 156 Å². The third kappa shape index (κ3) is 3.55. The standard InChI is InChI=1S/C17H21ClN4O4/c1-4-26-17(23)22-7-5-21(6-8-22)15-11-9-13(24-2)14(25-3)10-12(11)19-16(18)20-15/h9-10H,4-8H2,1-3H3. The zero-order chi connectivity index (χ0) is 18.7. The van der Waals surface area contributed by atoms with E-state index < -0.39 is 0 Å². The maximum Gasteiger partial charge on any atom is 0.409 e. The van der Waals surface area contributed by atoms with Crippen molar-refractivity contribution >= 4 is 34.4 Å². The van der Waals surface area contributed by atoms with Crippen LogP contribution in [0.1, 0.15) is 6.92 Å². The summed E-state index contributed by atoms with van der Waals surface area (Å²) in [5.74, 6) is 1.88. The predicted molar refractivity (Wildman–Crippen MR) is 98.5 cm³/mol. The van der Waals surface area contributed by atoms with Gasteiger partial charge in [0.2, 0.25) is 5.28 Å². The molecule has 0 radical (unpaired) electrons. The van der Waals surface area contributed by atoms with Gasteiger partial charge in [0.15, 0.2) is 11.5 Å². The van der Waals surface area contributed by atoms with Crippen molar-refractivity contribution in [2.24, 2.45) is 0 Å². The molecule has 0 N–H and O–H groups in total. The van der Waals surface area contributed by atoms with Gasteiger partial charge in [-0.15, -0.1) is 0 Å². The molecular formula is C17H21ClN4O4. The first-order valence-electron chi connectivity index (χ1n) is 8.33.